The fourth-order valence-corrected chi connectivity index (χ4v) is 3.37. The molecule has 0 spiro atoms. The lowest BCUT2D eigenvalue weighted by molar-refractivity contribution is 0.415. The van der Waals surface area contributed by atoms with Crippen molar-refractivity contribution < 1.29 is 4.74 Å². The first-order chi connectivity index (χ1) is 13.6. The number of methoxy groups -OCH3 is 1. The highest BCUT2D eigenvalue weighted by molar-refractivity contribution is 6.35. The van der Waals surface area contributed by atoms with Gasteiger partial charge < -0.3 is 4.74 Å². The Balaban J connectivity index is 1.96. The Morgan fingerprint density at radius 2 is 1.50 bits per heavy atom. The molecule has 0 aliphatic rings. The summed E-state index contributed by atoms with van der Waals surface area (Å²) in [7, 11) is 1.64. The van der Waals surface area contributed by atoms with Gasteiger partial charge in [0.05, 0.1) is 12.1 Å². The third kappa shape index (κ3) is 3.49. The molecule has 0 saturated heterocycles. The Morgan fingerprint density at radius 3 is 2.18 bits per heavy atom. The number of benzene rings is 3. The number of aromatic nitrogens is 3. The molecular formula is C22H17Cl2N3O. The average molecular weight is 410 g/mol. The summed E-state index contributed by atoms with van der Waals surface area (Å²) >= 11 is 12.7. The predicted octanol–water partition coefficient (Wildman–Crippen LogP) is 6.23. The molecule has 4 rings (SSSR count). The van der Waals surface area contributed by atoms with Gasteiger partial charge in [0.25, 0.3) is 0 Å². The van der Waals surface area contributed by atoms with Crippen LogP contribution in [0.5, 0.6) is 5.75 Å². The molecule has 140 valence electrons. The predicted molar refractivity (Wildman–Crippen MR) is 114 cm³/mol. The van der Waals surface area contributed by atoms with E-state index >= 15 is 0 Å². The van der Waals surface area contributed by atoms with Crippen molar-refractivity contribution in [3.63, 3.8) is 0 Å². The minimum absolute atomic E-state index is 0.557. The summed E-state index contributed by atoms with van der Waals surface area (Å²) in [6, 6.07) is 21.2. The maximum Gasteiger partial charge on any atom is 0.170 e. The standard InChI is InChI=1S/C22H17Cl2N3O/c1-14-3-5-15(6-4-14)21-25-26-22(19-13-16(23)7-12-20(19)24)27(21)17-8-10-18(28-2)11-9-17/h3-13H,1-2H3. The molecule has 0 N–H and O–H groups in total. The van der Waals surface area contributed by atoms with Crippen LogP contribution in [-0.4, -0.2) is 21.9 Å². The second-order valence-electron chi connectivity index (χ2n) is 6.37. The van der Waals surface area contributed by atoms with E-state index in [0.29, 0.717) is 15.9 Å². The quantitative estimate of drug-likeness (QED) is 0.401. The molecular weight excluding hydrogens is 393 g/mol. The molecule has 0 atom stereocenters. The summed E-state index contributed by atoms with van der Waals surface area (Å²) in [4.78, 5) is 0. The number of aryl methyl sites for hydroxylation is 1. The van der Waals surface area contributed by atoms with Gasteiger partial charge in [0.1, 0.15) is 5.75 Å². The van der Waals surface area contributed by atoms with Crippen molar-refractivity contribution in [1.29, 1.82) is 0 Å². The molecule has 0 unspecified atom stereocenters. The van der Waals surface area contributed by atoms with E-state index in [1.807, 2.05) is 41.0 Å². The molecule has 0 fully saturated rings. The summed E-state index contributed by atoms with van der Waals surface area (Å²) in [5.74, 6) is 2.11. The minimum Gasteiger partial charge on any atom is -0.497 e. The highest BCUT2D eigenvalue weighted by atomic mass is 35.5. The lowest BCUT2D eigenvalue weighted by Crippen LogP contribution is -2.01. The lowest BCUT2D eigenvalue weighted by Gasteiger charge is -2.12. The number of halogens is 2. The first kappa shape index (κ1) is 18.5. The third-order valence-corrected chi connectivity index (χ3v) is 5.04. The van der Waals surface area contributed by atoms with Crippen molar-refractivity contribution in [2.45, 2.75) is 6.92 Å². The number of hydrogen-bond acceptors (Lipinski definition) is 3. The highest BCUT2D eigenvalue weighted by Crippen LogP contribution is 2.34. The van der Waals surface area contributed by atoms with E-state index in [4.69, 9.17) is 27.9 Å². The summed E-state index contributed by atoms with van der Waals surface area (Å²) in [5.41, 5.74) is 3.75. The molecule has 0 radical (unpaired) electrons. The van der Waals surface area contributed by atoms with E-state index in [1.54, 1.807) is 25.3 Å². The normalized spacial score (nSPS) is 10.9. The fraction of sp³-hybridized carbons (Fsp3) is 0.0909. The Kier molecular flexibility index (Phi) is 5.07. The largest absolute Gasteiger partial charge is 0.497 e. The Hall–Kier alpha value is -2.82. The van der Waals surface area contributed by atoms with Gasteiger partial charge in [-0.1, -0.05) is 53.0 Å². The Morgan fingerprint density at radius 1 is 0.821 bits per heavy atom. The number of nitrogens with zero attached hydrogens (tertiary/aromatic N) is 3. The molecule has 0 saturated carbocycles. The van der Waals surface area contributed by atoms with Crippen LogP contribution >= 0.6 is 23.2 Å². The van der Waals surface area contributed by atoms with Crippen molar-refractivity contribution in [2.24, 2.45) is 0 Å². The molecule has 4 aromatic rings. The lowest BCUT2D eigenvalue weighted by atomic mass is 10.1. The zero-order valence-electron chi connectivity index (χ0n) is 15.4. The van der Waals surface area contributed by atoms with Gasteiger partial charge in [-0.15, -0.1) is 10.2 Å². The van der Waals surface area contributed by atoms with Gasteiger partial charge in [0.15, 0.2) is 11.6 Å². The number of ether oxygens (including phenoxy) is 1. The molecule has 1 aromatic heterocycles. The smallest absolute Gasteiger partial charge is 0.170 e. The minimum atomic E-state index is 0.557. The second-order valence-corrected chi connectivity index (χ2v) is 7.21. The Labute approximate surface area is 173 Å². The van der Waals surface area contributed by atoms with Crippen LogP contribution in [0.2, 0.25) is 10.0 Å². The summed E-state index contributed by atoms with van der Waals surface area (Å²) in [6.07, 6.45) is 0. The van der Waals surface area contributed by atoms with Gasteiger partial charge in [-0.2, -0.15) is 0 Å². The first-order valence-corrected chi connectivity index (χ1v) is 9.45. The Bertz CT molecular complexity index is 1120. The van der Waals surface area contributed by atoms with Crippen LogP contribution in [0.4, 0.5) is 0 Å². The molecule has 0 aliphatic carbocycles. The summed E-state index contributed by atoms with van der Waals surface area (Å²) in [5, 5.41) is 10.0. The van der Waals surface area contributed by atoms with E-state index in [-0.39, 0.29) is 0 Å². The summed E-state index contributed by atoms with van der Waals surface area (Å²) < 4.78 is 7.26. The van der Waals surface area contributed by atoms with E-state index in [0.717, 1.165) is 28.4 Å². The molecule has 0 bridgehead atoms. The van der Waals surface area contributed by atoms with E-state index < -0.39 is 0 Å². The molecule has 3 aromatic carbocycles. The zero-order valence-corrected chi connectivity index (χ0v) is 16.9. The SMILES string of the molecule is COc1ccc(-n2c(-c3ccc(C)cc3)nnc2-c2cc(Cl)ccc2Cl)cc1. The van der Waals surface area contributed by atoms with Crippen molar-refractivity contribution >= 4 is 23.2 Å². The van der Waals surface area contributed by atoms with E-state index in [2.05, 4.69) is 29.3 Å². The zero-order chi connectivity index (χ0) is 19.7. The van der Waals surface area contributed by atoms with Crippen LogP contribution in [-0.2, 0) is 0 Å². The monoisotopic (exact) mass is 409 g/mol. The fourth-order valence-electron chi connectivity index (χ4n) is 2.99. The van der Waals surface area contributed by atoms with Gasteiger partial charge >= 0.3 is 0 Å². The van der Waals surface area contributed by atoms with Crippen LogP contribution in [0, 0.1) is 6.92 Å². The van der Waals surface area contributed by atoms with Crippen LogP contribution < -0.4 is 4.74 Å². The number of rotatable bonds is 4. The first-order valence-electron chi connectivity index (χ1n) is 8.69. The van der Waals surface area contributed by atoms with E-state index in [1.165, 1.54) is 5.56 Å². The van der Waals surface area contributed by atoms with Crippen LogP contribution in [0.25, 0.3) is 28.5 Å². The van der Waals surface area contributed by atoms with Gasteiger partial charge in [0.2, 0.25) is 0 Å². The molecule has 28 heavy (non-hydrogen) atoms. The van der Waals surface area contributed by atoms with Crippen LogP contribution in [0.3, 0.4) is 0 Å². The maximum atomic E-state index is 6.45. The van der Waals surface area contributed by atoms with Crippen molar-refractivity contribution in [1.82, 2.24) is 14.8 Å². The van der Waals surface area contributed by atoms with Gasteiger partial charge in [-0.3, -0.25) is 4.57 Å². The van der Waals surface area contributed by atoms with Crippen LogP contribution in [0.15, 0.2) is 66.7 Å². The topological polar surface area (TPSA) is 39.9 Å². The van der Waals surface area contributed by atoms with Gasteiger partial charge in [0, 0.05) is 21.8 Å². The number of hydrogen-bond donors (Lipinski definition) is 0. The molecule has 4 nitrogen and oxygen atoms in total. The second kappa shape index (κ2) is 7.66. The van der Waals surface area contributed by atoms with Crippen molar-refractivity contribution in [2.75, 3.05) is 7.11 Å². The molecule has 0 amide bonds. The van der Waals surface area contributed by atoms with E-state index in [9.17, 15) is 0 Å². The van der Waals surface area contributed by atoms with Gasteiger partial charge in [-0.05, 0) is 49.4 Å². The molecule has 1 heterocycles. The molecule has 0 aliphatic heterocycles. The molecule has 6 heteroatoms. The summed E-state index contributed by atoms with van der Waals surface area (Å²) in [6.45, 7) is 2.05. The third-order valence-electron chi connectivity index (χ3n) is 4.47. The van der Waals surface area contributed by atoms with Gasteiger partial charge in [-0.25, -0.2) is 0 Å². The van der Waals surface area contributed by atoms with Crippen molar-refractivity contribution in [3.05, 3.63) is 82.3 Å². The van der Waals surface area contributed by atoms with Crippen LogP contribution in [0.1, 0.15) is 5.56 Å². The van der Waals surface area contributed by atoms with Crippen molar-refractivity contribution in [3.8, 4) is 34.2 Å². The maximum absolute atomic E-state index is 6.45. The highest BCUT2D eigenvalue weighted by Gasteiger charge is 2.19. The average Bonchev–Trinajstić information content (AvgIpc) is 3.15.